The standard InChI is InChI=1S/C7H7BrF2N2O3S/c1-15-5-3(8)2-4(6(9)10)12-7(5)16(11,13)14/h2,6H,1H3,(H2,11,13,14). The second kappa shape index (κ2) is 4.60. The number of halogens is 3. The van der Waals surface area contributed by atoms with Crippen LogP contribution >= 0.6 is 15.9 Å². The Bertz CT molecular complexity index is 507. The maximum atomic E-state index is 12.4. The zero-order chi connectivity index (χ0) is 12.5. The van der Waals surface area contributed by atoms with E-state index in [4.69, 9.17) is 9.88 Å². The number of pyridine rings is 1. The Morgan fingerprint density at radius 1 is 1.56 bits per heavy atom. The smallest absolute Gasteiger partial charge is 0.280 e. The van der Waals surface area contributed by atoms with E-state index in [2.05, 4.69) is 20.9 Å². The molecule has 0 spiro atoms. The zero-order valence-corrected chi connectivity index (χ0v) is 10.3. The highest BCUT2D eigenvalue weighted by atomic mass is 79.9. The van der Waals surface area contributed by atoms with Crippen LogP contribution in [0.15, 0.2) is 15.6 Å². The molecule has 1 aromatic heterocycles. The molecule has 0 unspecified atom stereocenters. The van der Waals surface area contributed by atoms with Crippen LogP contribution in [-0.2, 0) is 10.0 Å². The lowest BCUT2D eigenvalue weighted by atomic mass is 10.3. The van der Waals surface area contributed by atoms with Crippen molar-refractivity contribution in [3.63, 3.8) is 0 Å². The van der Waals surface area contributed by atoms with E-state index in [9.17, 15) is 17.2 Å². The van der Waals surface area contributed by atoms with Crippen LogP contribution in [0.5, 0.6) is 5.75 Å². The lowest BCUT2D eigenvalue weighted by Crippen LogP contribution is -2.16. The van der Waals surface area contributed by atoms with E-state index in [0.717, 1.165) is 6.07 Å². The van der Waals surface area contributed by atoms with Crippen molar-refractivity contribution in [3.05, 3.63) is 16.2 Å². The first-order chi connectivity index (χ1) is 7.27. The Balaban J connectivity index is 3.56. The summed E-state index contributed by atoms with van der Waals surface area (Å²) in [6, 6.07) is 0.970. The van der Waals surface area contributed by atoms with Crippen molar-refractivity contribution in [2.24, 2.45) is 5.14 Å². The molecule has 5 nitrogen and oxygen atoms in total. The van der Waals surface area contributed by atoms with Crippen molar-refractivity contribution in [2.45, 2.75) is 11.5 Å². The van der Waals surface area contributed by atoms with Gasteiger partial charge in [-0.2, -0.15) is 0 Å². The average Bonchev–Trinajstić information content (AvgIpc) is 2.14. The number of hydrogen-bond donors (Lipinski definition) is 1. The average molecular weight is 317 g/mol. The predicted molar refractivity (Wildman–Crippen MR) is 54.8 cm³/mol. The topological polar surface area (TPSA) is 82.3 Å². The summed E-state index contributed by atoms with van der Waals surface area (Å²) in [5.41, 5.74) is -0.697. The van der Waals surface area contributed by atoms with Crippen LogP contribution < -0.4 is 9.88 Å². The van der Waals surface area contributed by atoms with Crippen molar-refractivity contribution in [1.29, 1.82) is 0 Å². The van der Waals surface area contributed by atoms with E-state index in [1.807, 2.05) is 0 Å². The Morgan fingerprint density at radius 2 is 2.12 bits per heavy atom. The molecule has 0 amide bonds. The van der Waals surface area contributed by atoms with Gasteiger partial charge in [-0.25, -0.2) is 27.3 Å². The molecule has 1 aromatic rings. The van der Waals surface area contributed by atoms with Gasteiger partial charge in [0.15, 0.2) is 5.75 Å². The highest BCUT2D eigenvalue weighted by molar-refractivity contribution is 9.10. The lowest BCUT2D eigenvalue weighted by molar-refractivity contribution is 0.145. The van der Waals surface area contributed by atoms with E-state index in [1.165, 1.54) is 7.11 Å². The van der Waals surface area contributed by atoms with Crippen molar-refractivity contribution >= 4 is 26.0 Å². The molecule has 0 saturated heterocycles. The molecule has 9 heteroatoms. The van der Waals surface area contributed by atoms with Gasteiger partial charge in [0.2, 0.25) is 5.03 Å². The lowest BCUT2D eigenvalue weighted by Gasteiger charge is -2.09. The molecule has 0 aliphatic carbocycles. The van der Waals surface area contributed by atoms with Gasteiger partial charge >= 0.3 is 0 Å². The second-order valence-electron chi connectivity index (χ2n) is 2.71. The van der Waals surface area contributed by atoms with Gasteiger partial charge in [-0.15, -0.1) is 0 Å². The summed E-state index contributed by atoms with van der Waals surface area (Å²) < 4.78 is 51.8. The van der Waals surface area contributed by atoms with Crippen molar-refractivity contribution in [3.8, 4) is 5.75 Å². The van der Waals surface area contributed by atoms with Crippen LogP contribution in [0.25, 0.3) is 0 Å². The minimum Gasteiger partial charge on any atom is -0.492 e. The molecule has 16 heavy (non-hydrogen) atoms. The summed E-state index contributed by atoms with van der Waals surface area (Å²) in [6.45, 7) is 0. The second-order valence-corrected chi connectivity index (χ2v) is 5.04. The van der Waals surface area contributed by atoms with E-state index in [0.29, 0.717) is 0 Å². The van der Waals surface area contributed by atoms with Gasteiger partial charge in [0.25, 0.3) is 16.4 Å². The van der Waals surface area contributed by atoms with Gasteiger partial charge in [-0.3, -0.25) is 0 Å². The molecule has 0 fully saturated rings. The first kappa shape index (κ1) is 13.3. The number of nitrogens with two attached hydrogens (primary N) is 1. The van der Waals surface area contributed by atoms with Crippen LogP contribution in [0.1, 0.15) is 12.1 Å². The van der Waals surface area contributed by atoms with Crippen LogP contribution in [0.2, 0.25) is 0 Å². The fraction of sp³-hybridized carbons (Fsp3) is 0.286. The normalized spacial score (nSPS) is 11.9. The van der Waals surface area contributed by atoms with Crippen molar-refractivity contribution in [2.75, 3.05) is 7.11 Å². The number of methoxy groups -OCH3 is 1. The predicted octanol–water partition coefficient (Wildman–Crippen LogP) is 1.44. The third kappa shape index (κ3) is 2.66. The largest absolute Gasteiger partial charge is 0.492 e. The number of primary sulfonamides is 1. The van der Waals surface area contributed by atoms with Gasteiger partial charge in [-0.1, -0.05) is 0 Å². The highest BCUT2D eigenvalue weighted by Crippen LogP contribution is 2.33. The first-order valence-electron chi connectivity index (χ1n) is 3.82. The number of sulfonamides is 1. The number of ether oxygens (including phenoxy) is 1. The molecule has 1 rings (SSSR count). The quantitative estimate of drug-likeness (QED) is 0.914. The minimum atomic E-state index is -4.22. The number of hydrogen-bond acceptors (Lipinski definition) is 4. The molecule has 0 aromatic carbocycles. The molecule has 0 radical (unpaired) electrons. The Morgan fingerprint density at radius 3 is 2.50 bits per heavy atom. The van der Waals surface area contributed by atoms with Crippen LogP contribution in [-0.4, -0.2) is 20.5 Å². The van der Waals surface area contributed by atoms with Gasteiger partial charge in [0.05, 0.1) is 11.6 Å². The minimum absolute atomic E-state index is 0.0457. The molecule has 1 heterocycles. The third-order valence-corrected chi connectivity index (χ3v) is 3.02. The Labute approximate surface area is 98.8 Å². The number of aromatic nitrogens is 1. The van der Waals surface area contributed by atoms with Crippen LogP contribution in [0.4, 0.5) is 8.78 Å². The van der Waals surface area contributed by atoms with E-state index < -0.39 is 27.2 Å². The van der Waals surface area contributed by atoms with Gasteiger partial charge in [-0.05, 0) is 22.0 Å². The molecule has 2 N–H and O–H groups in total. The molecule has 0 aliphatic heterocycles. The maximum absolute atomic E-state index is 12.4. The Hall–Kier alpha value is -0.800. The number of nitrogens with zero attached hydrogens (tertiary/aromatic N) is 1. The summed E-state index contributed by atoms with van der Waals surface area (Å²) in [4.78, 5) is 3.26. The molecular formula is C7H7BrF2N2O3S. The highest BCUT2D eigenvalue weighted by Gasteiger charge is 2.23. The summed E-state index contributed by atoms with van der Waals surface area (Å²) in [6.07, 6.45) is -2.90. The number of alkyl halides is 2. The molecule has 0 aliphatic rings. The van der Waals surface area contributed by atoms with Gasteiger partial charge < -0.3 is 4.74 Å². The summed E-state index contributed by atoms with van der Waals surface area (Å²) in [7, 11) is -3.04. The molecule has 0 saturated carbocycles. The molecule has 0 atom stereocenters. The molecular weight excluding hydrogens is 310 g/mol. The zero-order valence-electron chi connectivity index (χ0n) is 7.95. The van der Waals surface area contributed by atoms with E-state index in [-0.39, 0.29) is 10.2 Å². The fourth-order valence-electron chi connectivity index (χ4n) is 0.987. The SMILES string of the molecule is COc1c(Br)cc(C(F)F)nc1S(N)(=O)=O. The van der Waals surface area contributed by atoms with E-state index >= 15 is 0 Å². The third-order valence-electron chi connectivity index (χ3n) is 1.61. The number of rotatable bonds is 3. The molecule has 0 bridgehead atoms. The Kier molecular flexibility index (Phi) is 3.81. The summed E-state index contributed by atoms with van der Waals surface area (Å²) in [5.74, 6) is -0.202. The molecule has 90 valence electrons. The van der Waals surface area contributed by atoms with Gasteiger partial charge in [0, 0.05) is 0 Å². The summed E-state index contributed by atoms with van der Waals surface area (Å²) >= 11 is 2.90. The van der Waals surface area contributed by atoms with Gasteiger partial charge in [0.1, 0.15) is 5.69 Å². The van der Waals surface area contributed by atoms with Crippen molar-refractivity contribution in [1.82, 2.24) is 4.98 Å². The first-order valence-corrected chi connectivity index (χ1v) is 6.16. The summed E-state index contributed by atoms with van der Waals surface area (Å²) in [5, 5.41) is 4.11. The van der Waals surface area contributed by atoms with E-state index in [1.54, 1.807) is 0 Å². The van der Waals surface area contributed by atoms with Crippen molar-refractivity contribution < 1.29 is 21.9 Å². The van der Waals surface area contributed by atoms with Crippen LogP contribution in [0, 0.1) is 0 Å². The van der Waals surface area contributed by atoms with Crippen LogP contribution in [0.3, 0.4) is 0 Å². The maximum Gasteiger partial charge on any atom is 0.280 e. The fourth-order valence-corrected chi connectivity index (χ4v) is 2.39. The monoisotopic (exact) mass is 316 g/mol.